The van der Waals surface area contributed by atoms with E-state index in [1.165, 1.54) is 6.07 Å². The Hall–Kier alpha value is -3.28. The van der Waals surface area contributed by atoms with Crippen LogP contribution in [0.4, 0.5) is 15.8 Å². The van der Waals surface area contributed by atoms with Crippen molar-refractivity contribution in [3.8, 4) is 0 Å². The summed E-state index contributed by atoms with van der Waals surface area (Å²) in [5, 5.41) is 5.55. The molecule has 1 aliphatic heterocycles. The molecule has 0 saturated carbocycles. The van der Waals surface area contributed by atoms with Gasteiger partial charge in [0, 0.05) is 11.9 Å². The van der Waals surface area contributed by atoms with Crippen molar-refractivity contribution in [3.05, 3.63) is 64.6 Å². The van der Waals surface area contributed by atoms with Crippen molar-refractivity contribution in [1.82, 2.24) is 5.32 Å². The zero-order chi connectivity index (χ0) is 18.7. The second kappa shape index (κ2) is 7.31. The van der Waals surface area contributed by atoms with Crippen LogP contribution < -0.4 is 10.6 Å². The fraction of sp³-hybridized carbons (Fsp3) is 0.150. The van der Waals surface area contributed by atoms with Gasteiger partial charge < -0.3 is 5.32 Å². The van der Waals surface area contributed by atoms with Crippen LogP contribution in [-0.4, -0.2) is 18.1 Å². The average Bonchev–Trinajstić information content (AvgIpc) is 2.93. The molecule has 1 amide bonds. The summed E-state index contributed by atoms with van der Waals surface area (Å²) in [7, 11) is 0. The van der Waals surface area contributed by atoms with E-state index in [1.807, 2.05) is 32.0 Å². The molecule has 0 fully saturated rings. The molecule has 0 atom stereocenters. The smallest absolute Gasteiger partial charge is 0.276 e. The maximum Gasteiger partial charge on any atom is 0.276 e. The summed E-state index contributed by atoms with van der Waals surface area (Å²) in [6.45, 7) is 5.51. The van der Waals surface area contributed by atoms with Gasteiger partial charge in [-0.15, -0.1) is 0 Å². The number of hydrogen-bond donors (Lipinski definition) is 2. The van der Waals surface area contributed by atoms with E-state index in [2.05, 4.69) is 20.6 Å². The number of carbonyl (C=O) groups is 1. The summed E-state index contributed by atoms with van der Waals surface area (Å²) in [5.74, 6) is -0.359. The van der Waals surface area contributed by atoms with E-state index in [9.17, 15) is 9.18 Å². The Morgan fingerprint density at radius 3 is 2.65 bits per heavy atom. The summed E-state index contributed by atoms with van der Waals surface area (Å²) in [4.78, 5) is 20.7. The molecule has 0 bridgehead atoms. The standard InChI is InChI=1S/C20H19FN4O/c1-4-22-17-8-6-14(9-13(17)3)10-18-19(26)25-20(24-18)23-15-7-5-12(2)16(21)11-15/h4-11H,1-3H3,(H2,23,24,25,26)/b18-10-,22-4?. The van der Waals surface area contributed by atoms with Gasteiger partial charge in [-0.25, -0.2) is 9.38 Å². The minimum atomic E-state index is -0.319. The first-order valence-corrected chi connectivity index (χ1v) is 8.20. The number of nitrogens with zero attached hydrogens (tertiary/aromatic N) is 2. The number of rotatable bonds is 3. The lowest BCUT2D eigenvalue weighted by Gasteiger charge is -2.06. The second-order valence-corrected chi connectivity index (χ2v) is 5.97. The second-order valence-electron chi connectivity index (χ2n) is 5.97. The van der Waals surface area contributed by atoms with Crippen LogP contribution in [0, 0.1) is 19.7 Å². The molecule has 3 rings (SSSR count). The van der Waals surface area contributed by atoms with Crippen molar-refractivity contribution in [2.45, 2.75) is 20.8 Å². The van der Waals surface area contributed by atoms with Crippen molar-refractivity contribution in [3.63, 3.8) is 0 Å². The molecular formula is C20H19FN4O. The zero-order valence-corrected chi connectivity index (χ0v) is 14.8. The molecule has 0 radical (unpaired) electrons. The lowest BCUT2D eigenvalue weighted by Crippen LogP contribution is -2.30. The molecule has 2 N–H and O–H groups in total. The number of nitrogens with one attached hydrogen (secondary N) is 2. The molecule has 0 aromatic heterocycles. The largest absolute Gasteiger partial charge is 0.326 e. The summed E-state index contributed by atoms with van der Waals surface area (Å²) in [6.07, 6.45) is 3.44. The summed E-state index contributed by atoms with van der Waals surface area (Å²) < 4.78 is 13.6. The Bertz CT molecular complexity index is 960. The number of benzene rings is 2. The fourth-order valence-electron chi connectivity index (χ4n) is 2.55. The van der Waals surface area contributed by atoms with Crippen molar-refractivity contribution < 1.29 is 9.18 Å². The van der Waals surface area contributed by atoms with Crippen LogP contribution in [0.1, 0.15) is 23.6 Å². The van der Waals surface area contributed by atoms with E-state index in [0.717, 1.165) is 16.8 Å². The zero-order valence-electron chi connectivity index (χ0n) is 14.8. The Balaban J connectivity index is 1.82. The minimum absolute atomic E-state index is 0.272. The highest BCUT2D eigenvalue weighted by atomic mass is 19.1. The van der Waals surface area contributed by atoms with Crippen molar-refractivity contribution in [2.75, 3.05) is 5.32 Å². The lowest BCUT2D eigenvalue weighted by atomic mass is 10.1. The Morgan fingerprint density at radius 1 is 1.15 bits per heavy atom. The third-order valence-electron chi connectivity index (χ3n) is 3.92. The molecule has 5 nitrogen and oxygen atoms in total. The summed E-state index contributed by atoms with van der Waals surface area (Å²) in [5.41, 5.74) is 4.11. The van der Waals surface area contributed by atoms with Crippen molar-refractivity contribution >= 4 is 35.5 Å². The van der Waals surface area contributed by atoms with Crippen molar-refractivity contribution in [2.24, 2.45) is 9.98 Å². The number of hydrogen-bond acceptors (Lipinski definition) is 4. The highest BCUT2D eigenvalue weighted by Gasteiger charge is 2.20. The number of anilines is 1. The van der Waals surface area contributed by atoms with Gasteiger partial charge in [0.15, 0.2) is 0 Å². The highest BCUT2D eigenvalue weighted by molar-refractivity contribution is 6.17. The first-order chi connectivity index (χ1) is 12.5. The molecule has 0 saturated heterocycles. The predicted octanol–water partition coefficient (Wildman–Crippen LogP) is 4.10. The summed E-state index contributed by atoms with van der Waals surface area (Å²) in [6, 6.07) is 10.5. The van der Waals surface area contributed by atoms with Gasteiger partial charge in [0.1, 0.15) is 11.5 Å². The van der Waals surface area contributed by atoms with Crippen LogP contribution in [0.5, 0.6) is 0 Å². The predicted molar refractivity (Wildman–Crippen MR) is 103 cm³/mol. The topological polar surface area (TPSA) is 65.8 Å². The van der Waals surface area contributed by atoms with Gasteiger partial charge >= 0.3 is 0 Å². The molecule has 0 unspecified atom stereocenters. The van der Waals surface area contributed by atoms with Gasteiger partial charge in [-0.2, -0.15) is 0 Å². The molecule has 26 heavy (non-hydrogen) atoms. The van der Waals surface area contributed by atoms with Gasteiger partial charge in [0.25, 0.3) is 5.91 Å². The summed E-state index contributed by atoms with van der Waals surface area (Å²) >= 11 is 0. The lowest BCUT2D eigenvalue weighted by molar-refractivity contribution is -0.115. The molecule has 2 aromatic rings. The van der Waals surface area contributed by atoms with Crippen LogP contribution in [0.15, 0.2) is 52.1 Å². The van der Waals surface area contributed by atoms with Gasteiger partial charge in [-0.1, -0.05) is 12.1 Å². The molecule has 0 aliphatic carbocycles. The molecule has 0 spiro atoms. The normalized spacial score (nSPS) is 15.5. The Labute approximate surface area is 151 Å². The number of guanidine groups is 1. The quantitative estimate of drug-likeness (QED) is 0.646. The number of aliphatic imine (C=N–C) groups is 2. The van der Waals surface area contributed by atoms with Crippen LogP contribution >= 0.6 is 0 Å². The van der Waals surface area contributed by atoms with E-state index in [0.29, 0.717) is 11.3 Å². The van der Waals surface area contributed by atoms with E-state index >= 15 is 0 Å². The maximum absolute atomic E-state index is 13.6. The van der Waals surface area contributed by atoms with E-state index < -0.39 is 0 Å². The molecule has 132 valence electrons. The van der Waals surface area contributed by atoms with Crippen LogP contribution in [0.25, 0.3) is 6.08 Å². The third kappa shape index (κ3) is 3.85. The van der Waals surface area contributed by atoms with E-state index in [4.69, 9.17) is 0 Å². The van der Waals surface area contributed by atoms with Gasteiger partial charge in [0.05, 0.1) is 5.69 Å². The van der Waals surface area contributed by atoms with Crippen LogP contribution in [0.2, 0.25) is 0 Å². The molecule has 2 aromatic carbocycles. The minimum Gasteiger partial charge on any atom is -0.326 e. The highest BCUT2D eigenvalue weighted by Crippen LogP contribution is 2.22. The molecule has 6 heteroatoms. The average molecular weight is 350 g/mol. The van der Waals surface area contributed by atoms with E-state index in [1.54, 1.807) is 31.3 Å². The number of aryl methyl sites for hydroxylation is 2. The maximum atomic E-state index is 13.6. The van der Waals surface area contributed by atoms with Crippen LogP contribution in [0.3, 0.4) is 0 Å². The van der Waals surface area contributed by atoms with Crippen LogP contribution in [-0.2, 0) is 4.79 Å². The molecule has 1 aliphatic rings. The van der Waals surface area contributed by atoms with Gasteiger partial charge in [-0.05, 0) is 67.8 Å². The van der Waals surface area contributed by atoms with Crippen molar-refractivity contribution in [1.29, 1.82) is 0 Å². The molecule has 1 heterocycles. The fourth-order valence-corrected chi connectivity index (χ4v) is 2.55. The first-order valence-electron chi connectivity index (χ1n) is 8.20. The SMILES string of the molecule is CC=Nc1ccc(/C=C2\N=C(Nc3ccc(C)c(F)c3)NC2=O)cc1C. The number of amides is 1. The Kier molecular flexibility index (Phi) is 4.93. The number of carbonyl (C=O) groups excluding carboxylic acids is 1. The van der Waals surface area contributed by atoms with Gasteiger partial charge in [0.2, 0.25) is 5.96 Å². The first kappa shape index (κ1) is 17.5. The monoisotopic (exact) mass is 350 g/mol. The number of halogens is 1. The van der Waals surface area contributed by atoms with E-state index in [-0.39, 0.29) is 23.4 Å². The third-order valence-corrected chi connectivity index (χ3v) is 3.92. The van der Waals surface area contributed by atoms with Gasteiger partial charge in [-0.3, -0.25) is 15.1 Å². The Morgan fingerprint density at radius 2 is 1.96 bits per heavy atom. The molecular weight excluding hydrogens is 331 g/mol.